The van der Waals surface area contributed by atoms with Gasteiger partial charge >= 0.3 is 11.7 Å². The monoisotopic (exact) mass is 294 g/mol. The zero-order valence-electron chi connectivity index (χ0n) is 10.3. The van der Waals surface area contributed by atoms with Crippen LogP contribution < -0.4 is 11.2 Å². The van der Waals surface area contributed by atoms with Gasteiger partial charge in [-0.15, -0.1) is 0 Å². The molecule has 6 nitrogen and oxygen atoms in total. The molecule has 0 saturated heterocycles. The van der Waals surface area contributed by atoms with Gasteiger partial charge in [0.05, 0.1) is 0 Å². The van der Waals surface area contributed by atoms with Crippen molar-refractivity contribution in [2.45, 2.75) is 13.0 Å². The van der Waals surface area contributed by atoms with Crippen molar-refractivity contribution in [2.75, 3.05) is 0 Å². The number of nitrogens with zero attached hydrogens (tertiary/aromatic N) is 1. The molecule has 0 saturated carbocycles. The van der Waals surface area contributed by atoms with Crippen LogP contribution in [0.3, 0.4) is 0 Å². The van der Waals surface area contributed by atoms with E-state index >= 15 is 0 Å². The number of aromatic carboxylic acids is 1. The molecule has 0 aliphatic rings. The number of aryl methyl sites for hydroxylation is 2. The summed E-state index contributed by atoms with van der Waals surface area (Å²) in [6.45, 7) is 0.261. The van der Waals surface area contributed by atoms with Crippen LogP contribution in [0.25, 0.3) is 0 Å². The summed E-state index contributed by atoms with van der Waals surface area (Å²) in [5.41, 5.74) is -1.04. The highest BCUT2D eigenvalue weighted by Crippen LogP contribution is 2.10. The molecule has 0 atom stereocenters. The minimum Gasteiger partial charge on any atom is -0.477 e. The number of hydrogen-bond acceptors (Lipinski definition) is 3. The van der Waals surface area contributed by atoms with Gasteiger partial charge < -0.3 is 5.11 Å². The Hall–Kier alpha value is -2.34. The Balaban J connectivity index is 2.23. The van der Waals surface area contributed by atoms with Crippen LogP contribution in [0.15, 0.2) is 40.1 Å². The Morgan fingerprint density at radius 2 is 1.90 bits per heavy atom. The molecule has 2 N–H and O–H groups in total. The largest absolute Gasteiger partial charge is 0.477 e. The number of rotatable bonds is 4. The van der Waals surface area contributed by atoms with E-state index in [2.05, 4.69) is 0 Å². The first kappa shape index (κ1) is 14.1. The third-order valence-electron chi connectivity index (χ3n) is 2.80. The molecule has 1 heterocycles. The molecule has 0 fully saturated rings. The van der Waals surface area contributed by atoms with E-state index in [9.17, 15) is 14.4 Å². The molecule has 1 aromatic carbocycles. The molecule has 7 heteroatoms. The molecule has 2 aromatic rings. The SMILES string of the molecule is O=C(O)c1cn(CCc2ccc(Cl)cc2)c(=O)[nH]c1=O. The molecule has 0 aliphatic heterocycles. The molecule has 1 aromatic heterocycles. The maximum atomic E-state index is 11.6. The Labute approximate surface area is 118 Å². The van der Waals surface area contributed by atoms with Crippen molar-refractivity contribution in [3.8, 4) is 0 Å². The van der Waals surface area contributed by atoms with Crippen molar-refractivity contribution in [1.82, 2.24) is 9.55 Å². The Kier molecular flexibility index (Phi) is 4.05. The van der Waals surface area contributed by atoms with Crippen LogP contribution in [-0.4, -0.2) is 20.6 Å². The van der Waals surface area contributed by atoms with Crippen molar-refractivity contribution in [3.63, 3.8) is 0 Å². The predicted molar refractivity (Wildman–Crippen MR) is 73.4 cm³/mol. The van der Waals surface area contributed by atoms with Crippen molar-refractivity contribution < 1.29 is 9.90 Å². The molecule has 0 amide bonds. The molecule has 0 unspecified atom stereocenters. The number of carbonyl (C=O) groups is 1. The van der Waals surface area contributed by atoms with Crippen LogP contribution >= 0.6 is 11.6 Å². The Morgan fingerprint density at radius 1 is 1.25 bits per heavy atom. The third-order valence-corrected chi connectivity index (χ3v) is 3.05. The lowest BCUT2D eigenvalue weighted by Crippen LogP contribution is -2.33. The fourth-order valence-corrected chi connectivity index (χ4v) is 1.85. The summed E-state index contributed by atoms with van der Waals surface area (Å²) in [4.78, 5) is 35.7. The van der Waals surface area contributed by atoms with E-state index in [1.54, 1.807) is 12.1 Å². The number of hydrogen-bond donors (Lipinski definition) is 2. The normalized spacial score (nSPS) is 10.4. The van der Waals surface area contributed by atoms with Crippen LogP contribution in [0.5, 0.6) is 0 Å². The molecule has 0 bridgehead atoms. The van der Waals surface area contributed by atoms with Gasteiger partial charge in [-0.25, -0.2) is 9.59 Å². The van der Waals surface area contributed by atoms with E-state index in [4.69, 9.17) is 16.7 Å². The highest BCUT2D eigenvalue weighted by Gasteiger charge is 2.11. The number of benzene rings is 1. The molecule has 0 aliphatic carbocycles. The predicted octanol–water partition coefficient (Wildman–Crippen LogP) is 1.13. The maximum absolute atomic E-state index is 11.6. The van der Waals surface area contributed by atoms with Crippen LogP contribution in [0.2, 0.25) is 5.02 Å². The molecule has 104 valence electrons. The zero-order valence-corrected chi connectivity index (χ0v) is 11.1. The van der Waals surface area contributed by atoms with Gasteiger partial charge in [0, 0.05) is 17.8 Å². The quantitative estimate of drug-likeness (QED) is 0.884. The fraction of sp³-hybridized carbons (Fsp3) is 0.154. The molecule has 20 heavy (non-hydrogen) atoms. The number of nitrogens with one attached hydrogen (secondary N) is 1. The van der Waals surface area contributed by atoms with Gasteiger partial charge in [-0.3, -0.25) is 14.3 Å². The second-order valence-corrected chi connectivity index (χ2v) is 4.61. The van der Waals surface area contributed by atoms with Crippen LogP contribution in [0.4, 0.5) is 0 Å². The summed E-state index contributed by atoms with van der Waals surface area (Å²) >= 11 is 5.77. The molecule has 0 spiro atoms. The topological polar surface area (TPSA) is 92.2 Å². The van der Waals surface area contributed by atoms with Crippen molar-refractivity contribution in [3.05, 3.63) is 67.4 Å². The summed E-state index contributed by atoms with van der Waals surface area (Å²) in [6.07, 6.45) is 1.57. The Bertz CT molecular complexity index is 746. The van der Waals surface area contributed by atoms with Crippen molar-refractivity contribution >= 4 is 17.6 Å². The van der Waals surface area contributed by atoms with E-state index in [-0.39, 0.29) is 6.54 Å². The fourth-order valence-electron chi connectivity index (χ4n) is 1.73. The van der Waals surface area contributed by atoms with Crippen molar-refractivity contribution in [1.29, 1.82) is 0 Å². The molecule has 2 rings (SSSR count). The van der Waals surface area contributed by atoms with Gasteiger partial charge in [0.2, 0.25) is 0 Å². The first-order valence-corrected chi connectivity index (χ1v) is 6.16. The highest BCUT2D eigenvalue weighted by atomic mass is 35.5. The maximum Gasteiger partial charge on any atom is 0.342 e. The number of H-pyrrole nitrogens is 1. The first-order chi connectivity index (χ1) is 9.47. The van der Waals surface area contributed by atoms with Gasteiger partial charge in [0.1, 0.15) is 5.56 Å². The lowest BCUT2D eigenvalue weighted by atomic mass is 10.1. The van der Waals surface area contributed by atoms with Crippen molar-refractivity contribution in [2.24, 2.45) is 0 Å². The molecular weight excluding hydrogens is 284 g/mol. The minimum absolute atomic E-state index is 0.261. The summed E-state index contributed by atoms with van der Waals surface area (Å²) in [5, 5.41) is 9.46. The van der Waals surface area contributed by atoms with Crippen LogP contribution in [-0.2, 0) is 13.0 Å². The van der Waals surface area contributed by atoms with Gasteiger partial charge in [0.25, 0.3) is 5.56 Å². The number of halogens is 1. The molecular formula is C13H11ClN2O4. The van der Waals surface area contributed by atoms with E-state index in [0.717, 1.165) is 11.8 Å². The summed E-state index contributed by atoms with van der Waals surface area (Å²) in [5.74, 6) is -1.37. The summed E-state index contributed by atoms with van der Waals surface area (Å²) < 4.78 is 1.17. The smallest absolute Gasteiger partial charge is 0.342 e. The summed E-state index contributed by atoms with van der Waals surface area (Å²) in [7, 11) is 0. The van der Waals surface area contributed by atoms with Gasteiger partial charge in [-0.1, -0.05) is 23.7 Å². The van der Waals surface area contributed by atoms with Crippen LogP contribution in [0, 0.1) is 0 Å². The van der Waals surface area contributed by atoms with E-state index in [1.165, 1.54) is 4.57 Å². The first-order valence-electron chi connectivity index (χ1n) is 5.79. The number of carboxylic acid groups (broad SMARTS) is 1. The average Bonchev–Trinajstić information content (AvgIpc) is 2.39. The standard InChI is InChI=1S/C13H11ClN2O4/c14-9-3-1-8(2-4-9)5-6-16-7-10(12(18)19)11(17)15-13(16)20/h1-4,7H,5-6H2,(H,18,19)(H,15,17,20). The highest BCUT2D eigenvalue weighted by molar-refractivity contribution is 6.30. The third kappa shape index (κ3) is 3.16. The van der Waals surface area contributed by atoms with Gasteiger partial charge in [0.15, 0.2) is 0 Å². The van der Waals surface area contributed by atoms with Gasteiger partial charge in [-0.05, 0) is 24.1 Å². The number of aromatic amines is 1. The lowest BCUT2D eigenvalue weighted by Gasteiger charge is -2.06. The Morgan fingerprint density at radius 3 is 2.50 bits per heavy atom. The number of aromatic nitrogens is 2. The second-order valence-electron chi connectivity index (χ2n) is 4.18. The second kappa shape index (κ2) is 5.75. The number of carboxylic acids is 1. The summed E-state index contributed by atoms with van der Waals surface area (Å²) in [6, 6.07) is 7.10. The minimum atomic E-state index is -1.37. The van der Waals surface area contributed by atoms with E-state index in [1.807, 2.05) is 17.1 Å². The van der Waals surface area contributed by atoms with Crippen LogP contribution in [0.1, 0.15) is 15.9 Å². The molecule has 0 radical (unpaired) electrons. The zero-order chi connectivity index (χ0) is 14.7. The van der Waals surface area contributed by atoms with E-state index in [0.29, 0.717) is 11.4 Å². The lowest BCUT2D eigenvalue weighted by molar-refractivity contribution is 0.0693. The van der Waals surface area contributed by atoms with E-state index < -0.39 is 22.8 Å². The average molecular weight is 295 g/mol. The van der Waals surface area contributed by atoms with Gasteiger partial charge in [-0.2, -0.15) is 0 Å².